The lowest BCUT2D eigenvalue weighted by atomic mass is 10.2. The van der Waals surface area contributed by atoms with Crippen LogP contribution in [-0.2, 0) is 19.4 Å². The fourth-order valence-corrected chi connectivity index (χ4v) is 3.40. The summed E-state index contributed by atoms with van der Waals surface area (Å²) in [6.45, 7) is 2.60. The zero-order valence-electron chi connectivity index (χ0n) is 13.7. The summed E-state index contributed by atoms with van der Waals surface area (Å²) >= 11 is 0. The molecule has 24 heavy (non-hydrogen) atoms. The van der Waals surface area contributed by atoms with E-state index in [1.54, 1.807) is 0 Å². The molecule has 1 fully saturated rings. The van der Waals surface area contributed by atoms with Gasteiger partial charge in [0.2, 0.25) is 0 Å². The van der Waals surface area contributed by atoms with E-state index < -0.39 is 0 Å². The zero-order chi connectivity index (χ0) is 16.4. The minimum Gasteiger partial charge on any atom is -0.357 e. The normalized spacial score (nSPS) is 16.2. The summed E-state index contributed by atoms with van der Waals surface area (Å²) in [5.74, 6) is 0.827. The van der Waals surface area contributed by atoms with Gasteiger partial charge in [-0.2, -0.15) is 5.10 Å². The second-order valence-corrected chi connectivity index (χ2v) is 6.45. The molecule has 2 aromatic rings. The topological polar surface area (TPSA) is 71.0 Å². The van der Waals surface area contributed by atoms with Gasteiger partial charge < -0.3 is 10.2 Å². The van der Waals surface area contributed by atoms with E-state index in [-0.39, 0.29) is 5.91 Å². The van der Waals surface area contributed by atoms with Crippen molar-refractivity contribution >= 4 is 11.7 Å². The number of aromatic nitrogens is 3. The number of anilines is 1. The number of hydrogen-bond acceptors (Lipinski definition) is 5. The lowest BCUT2D eigenvalue weighted by Crippen LogP contribution is -2.25. The molecule has 0 unspecified atom stereocenters. The van der Waals surface area contributed by atoms with Crippen LogP contribution in [0, 0.1) is 0 Å². The summed E-state index contributed by atoms with van der Waals surface area (Å²) < 4.78 is 0. The molecule has 1 aliphatic carbocycles. The molecule has 6 nitrogen and oxygen atoms in total. The smallest absolute Gasteiger partial charge is 0.272 e. The number of carbonyl (C=O) groups excluding carboxylic acids is 1. The molecular weight excluding hydrogens is 302 g/mol. The monoisotopic (exact) mass is 323 g/mol. The molecule has 0 spiro atoms. The van der Waals surface area contributed by atoms with Gasteiger partial charge in [-0.3, -0.25) is 4.79 Å². The largest absolute Gasteiger partial charge is 0.357 e. The van der Waals surface area contributed by atoms with Gasteiger partial charge in [-0.15, -0.1) is 5.10 Å². The fraction of sp³-hybridized carbons (Fsp3) is 0.444. The fourth-order valence-electron chi connectivity index (χ4n) is 3.40. The molecule has 0 aromatic carbocycles. The predicted octanol–water partition coefficient (Wildman–Crippen LogP) is 1.89. The van der Waals surface area contributed by atoms with Crippen LogP contribution < -0.4 is 10.2 Å². The maximum absolute atomic E-state index is 12.3. The summed E-state index contributed by atoms with van der Waals surface area (Å²) in [6, 6.07) is 5.88. The van der Waals surface area contributed by atoms with Crippen LogP contribution >= 0.6 is 0 Å². The SMILES string of the molecule is O=C(NCc1ccnc(N2CCCC2)c1)c1cc2c(nn1)CCC2. The van der Waals surface area contributed by atoms with Crippen molar-refractivity contribution in [2.75, 3.05) is 18.0 Å². The zero-order valence-corrected chi connectivity index (χ0v) is 13.7. The predicted molar refractivity (Wildman–Crippen MR) is 90.9 cm³/mol. The van der Waals surface area contributed by atoms with Gasteiger partial charge in [0.25, 0.3) is 5.91 Å². The van der Waals surface area contributed by atoms with Crippen LogP contribution in [0.25, 0.3) is 0 Å². The first-order valence-electron chi connectivity index (χ1n) is 8.63. The van der Waals surface area contributed by atoms with E-state index >= 15 is 0 Å². The molecule has 2 aliphatic rings. The van der Waals surface area contributed by atoms with Gasteiger partial charge in [0.15, 0.2) is 5.69 Å². The summed E-state index contributed by atoms with van der Waals surface area (Å²) in [6.07, 6.45) is 7.32. The Labute approximate surface area is 141 Å². The van der Waals surface area contributed by atoms with E-state index in [0.29, 0.717) is 12.2 Å². The van der Waals surface area contributed by atoms with Crippen molar-refractivity contribution in [1.29, 1.82) is 0 Å². The number of aryl methyl sites for hydroxylation is 2. The second-order valence-electron chi connectivity index (χ2n) is 6.45. The number of nitrogens with zero attached hydrogens (tertiary/aromatic N) is 4. The van der Waals surface area contributed by atoms with E-state index in [4.69, 9.17) is 0 Å². The Balaban J connectivity index is 1.41. The van der Waals surface area contributed by atoms with Gasteiger partial charge in [0.1, 0.15) is 5.82 Å². The van der Waals surface area contributed by atoms with Gasteiger partial charge in [-0.25, -0.2) is 4.98 Å². The number of nitrogens with one attached hydrogen (secondary N) is 1. The average molecular weight is 323 g/mol. The van der Waals surface area contributed by atoms with E-state index in [1.165, 1.54) is 12.8 Å². The van der Waals surface area contributed by atoms with Crippen molar-refractivity contribution < 1.29 is 4.79 Å². The third-order valence-electron chi connectivity index (χ3n) is 4.75. The van der Waals surface area contributed by atoms with Gasteiger partial charge in [-0.05, 0) is 61.4 Å². The number of pyridine rings is 1. The highest BCUT2D eigenvalue weighted by Crippen LogP contribution is 2.20. The Morgan fingerprint density at radius 3 is 2.88 bits per heavy atom. The molecule has 4 rings (SSSR count). The molecule has 1 N–H and O–H groups in total. The maximum Gasteiger partial charge on any atom is 0.272 e. The highest BCUT2D eigenvalue weighted by molar-refractivity contribution is 5.92. The highest BCUT2D eigenvalue weighted by Gasteiger charge is 2.17. The van der Waals surface area contributed by atoms with Crippen LogP contribution in [0.2, 0.25) is 0 Å². The molecule has 6 heteroatoms. The summed E-state index contributed by atoms with van der Waals surface area (Å²) in [5.41, 5.74) is 3.66. The Hall–Kier alpha value is -2.50. The lowest BCUT2D eigenvalue weighted by Gasteiger charge is -2.17. The Morgan fingerprint density at radius 1 is 1.12 bits per heavy atom. The van der Waals surface area contributed by atoms with Crippen molar-refractivity contribution in [3.8, 4) is 0 Å². The number of amides is 1. The van der Waals surface area contributed by atoms with E-state index in [9.17, 15) is 4.79 Å². The van der Waals surface area contributed by atoms with Gasteiger partial charge in [0, 0.05) is 25.8 Å². The molecule has 1 amide bonds. The lowest BCUT2D eigenvalue weighted by molar-refractivity contribution is 0.0944. The first-order valence-corrected chi connectivity index (χ1v) is 8.63. The third kappa shape index (κ3) is 3.09. The standard InChI is InChI=1S/C18H21N5O/c24-18(16-11-14-4-3-5-15(14)21-22-16)20-12-13-6-7-19-17(10-13)23-8-1-2-9-23/h6-7,10-11H,1-5,8-9,12H2,(H,20,24). The van der Waals surface area contributed by atoms with Gasteiger partial charge in [0.05, 0.1) is 5.69 Å². The van der Waals surface area contributed by atoms with Crippen molar-refractivity contribution in [1.82, 2.24) is 20.5 Å². The molecule has 0 bridgehead atoms. The van der Waals surface area contributed by atoms with Crippen LogP contribution in [0.3, 0.4) is 0 Å². The first kappa shape index (κ1) is 15.1. The number of carbonyl (C=O) groups is 1. The van der Waals surface area contributed by atoms with Crippen molar-refractivity contribution in [3.63, 3.8) is 0 Å². The highest BCUT2D eigenvalue weighted by atomic mass is 16.1. The van der Waals surface area contributed by atoms with Gasteiger partial charge in [-0.1, -0.05) is 0 Å². The molecule has 3 heterocycles. The Morgan fingerprint density at radius 2 is 2.00 bits per heavy atom. The summed E-state index contributed by atoms with van der Waals surface area (Å²) in [7, 11) is 0. The van der Waals surface area contributed by atoms with Gasteiger partial charge >= 0.3 is 0 Å². The summed E-state index contributed by atoms with van der Waals surface area (Å²) in [5, 5.41) is 11.2. The van der Waals surface area contributed by atoms with Crippen LogP contribution in [0.4, 0.5) is 5.82 Å². The van der Waals surface area contributed by atoms with Crippen molar-refractivity contribution in [3.05, 3.63) is 46.9 Å². The quantitative estimate of drug-likeness (QED) is 0.930. The molecular formula is C18H21N5O. The molecule has 0 atom stereocenters. The third-order valence-corrected chi connectivity index (χ3v) is 4.75. The van der Waals surface area contributed by atoms with Crippen LogP contribution in [0.5, 0.6) is 0 Å². The minimum atomic E-state index is -0.170. The molecule has 124 valence electrons. The van der Waals surface area contributed by atoms with E-state index in [2.05, 4.69) is 31.5 Å². The van der Waals surface area contributed by atoms with E-state index in [0.717, 1.165) is 55.0 Å². The van der Waals surface area contributed by atoms with Crippen molar-refractivity contribution in [2.24, 2.45) is 0 Å². The number of rotatable bonds is 4. The molecule has 0 radical (unpaired) electrons. The number of hydrogen-bond donors (Lipinski definition) is 1. The summed E-state index contributed by atoms with van der Waals surface area (Å²) in [4.78, 5) is 19.0. The Bertz CT molecular complexity index is 755. The van der Waals surface area contributed by atoms with Crippen LogP contribution in [-0.4, -0.2) is 34.2 Å². The first-order chi connectivity index (χ1) is 11.8. The molecule has 0 saturated carbocycles. The van der Waals surface area contributed by atoms with Crippen LogP contribution in [0.1, 0.15) is 46.6 Å². The second kappa shape index (κ2) is 6.55. The number of fused-ring (bicyclic) bond motifs is 1. The maximum atomic E-state index is 12.3. The molecule has 1 aliphatic heterocycles. The molecule has 2 aromatic heterocycles. The van der Waals surface area contributed by atoms with Crippen LogP contribution in [0.15, 0.2) is 24.4 Å². The minimum absolute atomic E-state index is 0.170. The average Bonchev–Trinajstić information content (AvgIpc) is 3.30. The van der Waals surface area contributed by atoms with Crippen molar-refractivity contribution in [2.45, 2.75) is 38.6 Å². The Kier molecular flexibility index (Phi) is 4.11. The van der Waals surface area contributed by atoms with E-state index in [1.807, 2.05) is 18.3 Å². The molecule has 1 saturated heterocycles.